The van der Waals surface area contributed by atoms with Gasteiger partial charge in [-0.2, -0.15) is 15.2 Å². The molecule has 0 N–H and O–H groups in total. The van der Waals surface area contributed by atoms with Crippen LogP contribution in [0.2, 0.25) is 0 Å². The van der Waals surface area contributed by atoms with Crippen molar-refractivity contribution in [3.63, 3.8) is 0 Å². The van der Waals surface area contributed by atoms with E-state index >= 15 is 0 Å². The molecular weight excluding hydrogens is 370 g/mol. The number of nitrogens with zero attached hydrogens (tertiary/aromatic N) is 7. The van der Waals surface area contributed by atoms with Crippen LogP contribution in [0.15, 0.2) is 23.0 Å². The van der Waals surface area contributed by atoms with Crippen molar-refractivity contribution in [3.8, 4) is 11.5 Å². The average molecular weight is 397 g/mol. The highest BCUT2D eigenvalue weighted by Gasteiger charge is 2.32. The average Bonchev–Trinajstić information content (AvgIpc) is 3.38. The van der Waals surface area contributed by atoms with Gasteiger partial charge in [0.05, 0.1) is 17.8 Å². The molecule has 0 aromatic carbocycles. The molecule has 9 nitrogen and oxygen atoms in total. The Morgan fingerprint density at radius 2 is 2.07 bits per heavy atom. The normalized spacial score (nSPS) is 17.7. The molecule has 1 unspecified atom stereocenters. The lowest BCUT2D eigenvalue weighted by atomic mass is 10.1. The van der Waals surface area contributed by atoms with Crippen molar-refractivity contribution in [1.29, 1.82) is 0 Å². The number of aromatic nitrogens is 6. The minimum absolute atomic E-state index is 0.0767. The van der Waals surface area contributed by atoms with Gasteiger partial charge >= 0.3 is 0 Å². The molecule has 0 spiro atoms. The Morgan fingerprint density at radius 1 is 1.24 bits per heavy atom. The van der Waals surface area contributed by atoms with Gasteiger partial charge in [-0.15, -0.1) is 0 Å². The van der Waals surface area contributed by atoms with Crippen LogP contribution in [0, 0.1) is 0 Å². The second-order valence-electron chi connectivity index (χ2n) is 7.96. The van der Waals surface area contributed by atoms with E-state index in [9.17, 15) is 4.79 Å². The molecule has 9 heteroatoms. The summed E-state index contributed by atoms with van der Waals surface area (Å²) in [5, 5.41) is 12.8. The summed E-state index contributed by atoms with van der Waals surface area (Å²) in [5.74, 6) is 1.18. The smallest absolute Gasteiger partial charge is 0.274 e. The molecule has 1 saturated heterocycles. The summed E-state index contributed by atoms with van der Waals surface area (Å²) >= 11 is 0. The predicted molar refractivity (Wildman–Crippen MR) is 106 cm³/mol. The zero-order chi connectivity index (χ0) is 20.5. The van der Waals surface area contributed by atoms with Gasteiger partial charge in [0.1, 0.15) is 0 Å². The number of aryl methyl sites for hydroxylation is 2. The molecular formula is C20H27N7O2. The van der Waals surface area contributed by atoms with Crippen molar-refractivity contribution >= 4 is 5.91 Å². The third-order valence-corrected chi connectivity index (χ3v) is 5.43. The van der Waals surface area contributed by atoms with Crippen LogP contribution < -0.4 is 0 Å². The number of hydrogen-bond donors (Lipinski definition) is 0. The van der Waals surface area contributed by atoms with Crippen LogP contribution in [-0.2, 0) is 14.1 Å². The van der Waals surface area contributed by atoms with E-state index in [1.165, 1.54) is 0 Å². The molecule has 1 amide bonds. The van der Waals surface area contributed by atoms with E-state index < -0.39 is 0 Å². The SMILES string of the molecule is CC(C)c1cc(C(=O)N2CCCCCC2c2noc(-c3cnn(C)c3)n2)nn1C. The molecule has 0 bridgehead atoms. The lowest BCUT2D eigenvalue weighted by Gasteiger charge is -2.27. The van der Waals surface area contributed by atoms with E-state index in [-0.39, 0.29) is 11.9 Å². The van der Waals surface area contributed by atoms with Crippen molar-refractivity contribution in [3.05, 3.63) is 35.7 Å². The summed E-state index contributed by atoms with van der Waals surface area (Å²) in [6.07, 6.45) is 7.38. The fourth-order valence-corrected chi connectivity index (χ4v) is 3.91. The van der Waals surface area contributed by atoms with E-state index in [0.717, 1.165) is 36.9 Å². The predicted octanol–water partition coefficient (Wildman–Crippen LogP) is 3.08. The van der Waals surface area contributed by atoms with Crippen molar-refractivity contribution in [2.45, 2.75) is 51.5 Å². The molecule has 1 aliphatic heterocycles. The zero-order valence-electron chi connectivity index (χ0n) is 17.4. The first-order valence-electron chi connectivity index (χ1n) is 10.1. The van der Waals surface area contributed by atoms with Gasteiger partial charge in [0.15, 0.2) is 11.5 Å². The van der Waals surface area contributed by atoms with Gasteiger partial charge in [0.25, 0.3) is 11.8 Å². The van der Waals surface area contributed by atoms with Crippen LogP contribution in [0.25, 0.3) is 11.5 Å². The first kappa shape index (κ1) is 19.4. The molecule has 3 aromatic rings. The van der Waals surface area contributed by atoms with Gasteiger partial charge < -0.3 is 9.42 Å². The Labute approximate surface area is 169 Å². The molecule has 0 radical (unpaired) electrons. The first-order valence-corrected chi connectivity index (χ1v) is 10.1. The topological polar surface area (TPSA) is 94.9 Å². The summed E-state index contributed by atoms with van der Waals surface area (Å²) in [4.78, 5) is 19.8. The third kappa shape index (κ3) is 3.81. The summed E-state index contributed by atoms with van der Waals surface area (Å²) in [6.45, 7) is 4.85. The molecule has 29 heavy (non-hydrogen) atoms. The molecule has 4 rings (SSSR count). The maximum absolute atomic E-state index is 13.4. The van der Waals surface area contributed by atoms with Gasteiger partial charge in [0, 0.05) is 32.5 Å². The van der Waals surface area contributed by atoms with Crippen LogP contribution in [0.5, 0.6) is 0 Å². The summed E-state index contributed by atoms with van der Waals surface area (Å²) < 4.78 is 8.95. The van der Waals surface area contributed by atoms with E-state index in [1.54, 1.807) is 15.6 Å². The van der Waals surface area contributed by atoms with Crippen molar-refractivity contribution in [1.82, 2.24) is 34.6 Å². The minimum Gasteiger partial charge on any atom is -0.334 e. The standard InChI is InChI=1S/C20H27N7O2/c1-13(2)17-10-15(23-26(17)4)20(28)27-9-7-5-6-8-16(27)18-22-19(29-24-18)14-11-21-25(3)12-14/h10-13,16H,5-9H2,1-4H3. The lowest BCUT2D eigenvalue weighted by Crippen LogP contribution is -2.35. The molecule has 1 aliphatic rings. The number of carbonyl (C=O) groups excluding carboxylic acids is 1. The third-order valence-electron chi connectivity index (χ3n) is 5.43. The Hall–Kier alpha value is -2.97. The van der Waals surface area contributed by atoms with Crippen molar-refractivity contribution in [2.75, 3.05) is 6.54 Å². The minimum atomic E-state index is -0.219. The molecule has 0 saturated carbocycles. The van der Waals surface area contributed by atoms with Gasteiger partial charge in [-0.25, -0.2) is 0 Å². The Morgan fingerprint density at radius 3 is 2.76 bits per heavy atom. The van der Waals surface area contributed by atoms with Crippen LogP contribution in [0.3, 0.4) is 0 Å². The number of rotatable bonds is 4. The lowest BCUT2D eigenvalue weighted by molar-refractivity contribution is 0.0663. The highest BCUT2D eigenvalue weighted by Crippen LogP contribution is 2.31. The Bertz CT molecular complexity index is 1000. The van der Waals surface area contributed by atoms with Crippen molar-refractivity contribution in [2.24, 2.45) is 14.1 Å². The Kier molecular flexibility index (Phi) is 5.21. The fraction of sp³-hybridized carbons (Fsp3) is 0.550. The zero-order valence-corrected chi connectivity index (χ0v) is 17.4. The van der Waals surface area contributed by atoms with Gasteiger partial charge in [0.2, 0.25) is 0 Å². The number of amides is 1. The van der Waals surface area contributed by atoms with Crippen molar-refractivity contribution < 1.29 is 9.32 Å². The molecule has 1 fully saturated rings. The monoisotopic (exact) mass is 397 g/mol. The highest BCUT2D eigenvalue weighted by atomic mass is 16.5. The summed E-state index contributed by atoms with van der Waals surface area (Å²) in [5.41, 5.74) is 2.28. The quantitative estimate of drug-likeness (QED) is 0.671. The molecule has 0 aliphatic carbocycles. The van der Waals surface area contributed by atoms with Crippen LogP contribution >= 0.6 is 0 Å². The number of hydrogen-bond acceptors (Lipinski definition) is 6. The fourth-order valence-electron chi connectivity index (χ4n) is 3.91. The number of carbonyl (C=O) groups is 1. The van der Waals surface area contributed by atoms with Crippen LogP contribution in [0.4, 0.5) is 0 Å². The second kappa shape index (κ2) is 7.81. The van der Waals surface area contributed by atoms with Gasteiger partial charge in [-0.3, -0.25) is 14.2 Å². The van der Waals surface area contributed by atoms with E-state index in [1.807, 2.05) is 31.3 Å². The Balaban J connectivity index is 1.63. The van der Waals surface area contributed by atoms with Crippen LogP contribution in [0.1, 0.15) is 73.5 Å². The van der Waals surface area contributed by atoms with Gasteiger partial charge in [-0.1, -0.05) is 31.8 Å². The van der Waals surface area contributed by atoms with Gasteiger partial charge in [-0.05, 0) is 24.8 Å². The largest absolute Gasteiger partial charge is 0.334 e. The molecule has 1 atom stereocenters. The van der Waals surface area contributed by atoms with Crippen LogP contribution in [-0.4, -0.2) is 47.1 Å². The molecule has 154 valence electrons. The summed E-state index contributed by atoms with van der Waals surface area (Å²) in [7, 11) is 3.72. The molecule has 4 heterocycles. The van der Waals surface area contributed by atoms with E-state index in [0.29, 0.717) is 29.9 Å². The van der Waals surface area contributed by atoms with E-state index in [4.69, 9.17) is 4.52 Å². The first-order chi connectivity index (χ1) is 13.9. The summed E-state index contributed by atoms with van der Waals surface area (Å²) in [6, 6.07) is 1.68. The maximum Gasteiger partial charge on any atom is 0.274 e. The molecule has 3 aromatic heterocycles. The maximum atomic E-state index is 13.4. The van der Waals surface area contributed by atoms with E-state index in [2.05, 4.69) is 34.2 Å². The highest BCUT2D eigenvalue weighted by molar-refractivity contribution is 5.92. The number of likely N-dealkylation sites (tertiary alicyclic amines) is 1. The second-order valence-corrected chi connectivity index (χ2v) is 7.96.